The zero-order valence-electron chi connectivity index (χ0n) is 12.3. The van der Waals surface area contributed by atoms with Crippen LogP contribution in [0.3, 0.4) is 0 Å². The SMILES string of the molecule is N#Cc1ccn2nc(-c3ccccc3)cc2c1-c1ccccc1. The Labute approximate surface area is 134 Å². The Bertz CT molecular complexity index is 1010. The van der Waals surface area contributed by atoms with Gasteiger partial charge in [-0.2, -0.15) is 10.4 Å². The van der Waals surface area contributed by atoms with Crippen LogP contribution < -0.4 is 0 Å². The molecular weight excluding hydrogens is 282 g/mol. The lowest BCUT2D eigenvalue weighted by molar-refractivity contribution is 0.965. The zero-order valence-corrected chi connectivity index (χ0v) is 12.3. The lowest BCUT2D eigenvalue weighted by atomic mass is 10.00. The Balaban J connectivity index is 2.01. The predicted molar refractivity (Wildman–Crippen MR) is 90.8 cm³/mol. The van der Waals surface area contributed by atoms with Gasteiger partial charge < -0.3 is 0 Å². The molecule has 0 amide bonds. The first-order valence-corrected chi connectivity index (χ1v) is 7.40. The number of nitrogens with zero attached hydrogens (tertiary/aromatic N) is 3. The lowest BCUT2D eigenvalue weighted by Gasteiger charge is -2.06. The van der Waals surface area contributed by atoms with Crippen LogP contribution in [0, 0.1) is 11.3 Å². The van der Waals surface area contributed by atoms with Crippen molar-refractivity contribution in [3.63, 3.8) is 0 Å². The summed E-state index contributed by atoms with van der Waals surface area (Å²) in [6, 6.07) is 26.2. The summed E-state index contributed by atoms with van der Waals surface area (Å²) in [6.07, 6.45) is 1.84. The van der Waals surface area contributed by atoms with Gasteiger partial charge in [-0.15, -0.1) is 0 Å². The minimum atomic E-state index is 0.656. The number of hydrogen-bond acceptors (Lipinski definition) is 2. The molecule has 4 aromatic rings. The van der Waals surface area contributed by atoms with Crippen molar-refractivity contribution in [2.75, 3.05) is 0 Å². The van der Waals surface area contributed by atoms with Gasteiger partial charge in [-0.1, -0.05) is 60.7 Å². The Morgan fingerprint density at radius 2 is 1.48 bits per heavy atom. The average Bonchev–Trinajstić information content (AvgIpc) is 3.06. The third-order valence-corrected chi connectivity index (χ3v) is 3.90. The molecule has 2 aromatic heterocycles. The van der Waals surface area contributed by atoms with Crippen molar-refractivity contribution in [1.29, 1.82) is 5.26 Å². The summed E-state index contributed by atoms with van der Waals surface area (Å²) < 4.78 is 1.84. The predicted octanol–water partition coefficient (Wildman–Crippen LogP) is 4.54. The first-order valence-electron chi connectivity index (χ1n) is 7.40. The minimum absolute atomic E-state index is 0.656. The summed E-state index contributed by atoms with van der Waals surface area (Å²) >= 11 is 0. The Hall–Kier alpha value is -3.38. The quantitative estimate of drug-likeness (QED) is 0.544. The summed E-state index contributed by atoms with van der Waals surface area (Å²) in [4.78, 5) is 0. The van der Waals surface area contributed by atoms with Crippen molar-refractivity contribution in [1.82, 2.24) is 9.61 Å². The van der Waals surface area contributed by atoms with E-state index in [0.717, 1.165) is 27.9 Å². The smallest absolute Gasteiger partial charge is 0.0999 e. The van der Waals surface area contributed by atoms with Gasteiger partial charge in [0.15, 0.2) is 0 Å². The van der Waals surface area contributed by atoms with E-state index in [4.69, 9.17) is 0 Å². The highest BCUT2D eigenvalue weighted by atomic mass is 15.2. The van der Waals surface area contributed by atoms with Crippen LogP contribution in [-0.2, 0) is 0 Å². The fraction of sp³-hybridized carbons (Fsp3) is 0. The maximum atomic E-state index is 9.48. The maximum Gasteiger partial charge on any atom is 0.0999 e. The number of nitriles is 1. The molecule has 4 rings (SSSR count). The molecule has 0 N–H and O–H groups in total. The topological polar surface area (TPSA) is 41.1 Å². The van der Waals surface area contributed by atoms with Gasteiger partial charge in [-0.25, -0.2) is 4.52 Å². The number of rotatable bonds is 2. The standard InChI is InChI=1S/C20H13N3/c21-14-17-11-12-23-19(20(17)16-9-5-2-6-10-16)13-18(22-23)15-7-3-1-4-8-15/h1-13H. The van der Waals surface area contributed by atoms with Crippen molar-refractivity contribution in [2.45, 2.75) is 0 Å². The normalized spacial score (nSPS) is 10.6. The van der Waals surface area contributed by atoms with Gasteiger partial charge in [0, 0.05) is 17.3 Å². The fourth-order valence-corrected chi connectivity index (χ4v) is 2.81. The molecule has 2 heterocycles. The van der Waals surface area contributed by atoms with Crippen molar-refractivity contribution in [2.24, 2.45) is 0 Å². The van der Waals surface area contributed by atoms with Crippen molar-refractivity contribution in [3.05, 3.63) is 84.6 Å². The van der Waals surface area contributed by atoms with Gasteiger partial charge in [0.2, 0.25) is 0 Å². The second-order valence-electron chi connectivity index (χ2n) is 5.31. The van der Waals surface area contributed by atoms with Gasteiger partial charge in [0.05, 0.1) is 22.8 Å². The summed E-state index contributed by atoms with van der Waals surface area (Å²) in [6.45, 7) is 0. The molecule has 0 aliphatic heterocycles. The van der Waals surface area contributed by atoms with Gasteiger partial charge in [0.1, 0.15) is 0 Å². The van der Waals surface area contributed by atoms with Crippen molar-refractivity contribution in [3.8, 4) is 28.5 Å². The molecule has 0 atom stereocenters. The monoisotopic (exact) mass is 295 g/mol. The van der Waals surface area contributed by atoms with Crippen LogP contribution in [0.1, 0.15) is 5.56 Å². The average molecular weight is 295 g/mol. The fourth-order valence-electron chi connectivity index (χ4n) is 2.81. The number of aromatic nitrogens is 2. The van der Waals surface area contributed by atoms with E-state index in [1.165, 1.54) is 0 Å². The molecule has 0 aliphatic rings. The van der Waals surface area contributed by atoms with Crippen LogP contribution in [0.2, 0.25) is 0 Å². The second kappa shape index (κ2) is 5.43. The number of pyridine rings is 1. The maximum absolute atomic E-state index is 9.48. The number of benzene rings is 2. The first kappa shape index (κ1) is 13.3. The van der Waals surface area contributed by atoms with Gasteiger partial charge >= 0.3 is 0 Å². The summed E-state index contributed by atoms with van der Waals surface area (Å²) in [5.74, 6) is 0. The van der Waals surface area contributed by atoms with E-state index >= 15 is 0 Å². The minimum Gasteiger partial charge on any atom is -0.240 e. The van der Waals surface area contributed by atoms with Crippen LogP contribution in [0.25, 0.3) is 27.9 Å². The van der Waals surface area contributed by atoms with Crippen molar-refractivity contribution >= 4 is 5.52 Å². The molecule has 0 unspecified atom stereocenters. The zero-order chi connectivity index (χ0) is 15.6. The Kier molecular flexibility index (Phi) is 3.14. The summed E-state index contributed by atoms with van der Waals surface area (Å²) in [5, 5.41) is 14.1. The highest BCUT2D eigenvalue weighted by Gasteiger charge is 2.13. The van der Waals surface area contributed by atoms with Crippen LogP contribution in [-0.4, -0.2) is 9.61 Å². The Morgan fingerprint density at radius 3 is 2.13 bits per heavy atom. The molecule has 23 heavy (non-hydrogen) atoms. The molecule has 2 aromatic carbocycles. The van der Waals surface area contributed by atoms with Crippen LogP contribution >= 0.6 is 0 Å². The van der Waals surface area contributed by atoms with Crippen LogP contribution in [0.4, 0.5) is 0 Å². The van der Waals surface area contributed by atoms with Crippen LogP contribution in [0.5, 0.6) is 0 Å². The molecule has 0 spiro atoms. The van der Waals surface area contributed by atoms with Gasteiger partial charge in [-0.3, -0.25) is 0 Å². The Morgan fingerprint density at radius 1 is 0.826 bits per heavy atom. The third-order valence-electron chi connectivity index (χ3n) is 3.90. The molecule has 0 bridgehead atoms. The number of fused-ring (bicyclic) bond motifs is 1. The summed E-state index contributed by atoms with van der Waals surface area (Å²) in [5.41, 5.74) is 5.50. The lowest BCUT2D eigenvalue weighted by Crippen LogP contribution is -1.93. The molecule has 0 saturated carbocycles. The van der Waals surface area contributed by atoms with Crippen molar-refractivity contribution < 1.29 is 0 Å². The number of hydrogen-bond donors (Lipinski definition) is 0. The molecule has 108 valence electrons. The van der Waals surface area contributed by atoms with E-state index in [-0.39, 0.29) is 0 Å². The first-order chi connectivity index (χ1) is 11.4. The summed E-state index contributed by atoms with van der Waals surface area (Å²) in [7, 11) is 0. The molecule has 0 saturated heterocycles. The second-order valence-corrected chi connectivity index (χ2v) is 5.31. The largest absolute Gasteiger partial charge is 0.240 e. The molecule has 0 aliphatic carbocycles. The third kappa shape index (κ3) is 2.27. The highest BCUT2D eigenvalue weighted by molar-refractivity contribution is 5.87. The van der Waals surface area contributed by atoms with Crippen LogP contribution in [0.15, 0.2) is 79.0 Å². The molecular formula is C20H13N3. The molecule has 0 radical (unpaired) electrons. The molecule has 0 fully saturated rings. The molecule has 3 heteroatoms. The van der Waals surface area contributed by atoms with Gasteiger partial charge in [-0.05, 0) is 17.7 Å². The molecule has 3 nitrogen and oxygen atoms in total. The van der Waals surface area contributed by atoms with Gasteiger partial charge in [0.25, 0.3) is 0 Å². The van der Waals surface area contributed by atoms with E-state index in [1.54, 1.807) is 0 Å². The van der Waals surface area contributed by atoms with E-state index in [2.05, 4.69) is 11.2 Å². The van der Waals surface area contributed by atoms with E-state index in [0.29, 0.717) is 5.56 Å². The van der Waals surface area contributed by atoms with E-state index in [9.17, 15) is 5.26 Å². The highest BCUT2D eigenvalue weighted by Crippen LogP contribution is 2.30. The van der Waals surface area contributed by atoms with E-state index < -0.39 is 0 Å². The van der Waals surface area contributed by atoms with E-state index in [1.807, 2.05) is 83.5 Å².